The Kier molecular flexibility index (Phi) is 7.65. The number of aromatic nitrogens is 1. The van der Waals surface area contributed by atoms with Crippen LogP contribution in [-0.2, 0) is 9.59 Å². The number of nitrogens with one attached hydrogen (secondary N) is 1. The first-order valence-corrected chi connectivity index (χ1v) is 10.6. The molecule has 0 aromatic carbocycles. The minimum Gasteiger partial charge on any atom is -0.356 e. The Hall–Kier alpha value is -2.15. The number of piperazine rings is 1. The molecular weight excluding hydrogens is 354 g/mol. The highest BCUT2D eigenvalue weighted by molar-refractivity contribution is 5.78. The number of rotatable bonds is 7. The molecule has 0 aliphatic carbocycles. The third-order valence-corrected chi connectivity index (χ3v) is 5.76. The van der Waals surface area contributed by atoms with Crippen LogP contribution in [0.3, 0.4) is 0 Å². The Morgan fingerprint density at radius 2 is 1.86 bits per heavy atom. The molecule has 0 bridgehead atoms. The van der Waals surface area contributed by atoms with Crippen LogP contribution in [0.25, 0.3) is 0 Å². The number of amides is 2. The largest absolute Gasteiger partial charge is 0.356 e. The summed E-state index contributed by atoms with van der Waals surface area (Å²) in [4.78, 5) is 35.6. The van der Waals surface area contributed by atoms with Crippen molar-refractivity contribution in [2.24, 2.45) is 5.92 Å². The summed E-state index contributed by atoms with van der Waals surface area (Å²) in [5, 5.41) is 3.00. The van der Waals surface area contributed by atoms with Crippen LogP contribution in [0, 0.1) is 5.92 Å². The second kappa shape index (κ2) is 10.4. The van der Waals surface area contributed by atoms with E-state index in [2.05, 4.69) is 27.0 Å². The SMILES string of the molecule is CCCNC(=O)C1CCN(CCC(=O)N2CCN(c3ccccn3)CC2)CC1. The van der Waals surface area contributed by atoms with Crippen LogP contribution in [0.4, 0.5) is 5.82 Å². The molecule has 7 nitrogen and oxygen atoms in total. The molecule has 0 saturated carbocycles. The molecule has 0 atom stereocenters. The van der Waals surface area contributed by atoms with Crippen molar-refractivity contribution >= 4 is 17.6 Å². The summed E-state index contributed by atoms with van der Waals surface area (Å²) in [6, 6.07) is 5.93. The van der Waals surface area contributed by atoms with Gasteiger partial charge in [-0.2, -0.15) is 0 Å². The van der Waals surface area contributed by atoms with Crippen LogP contribution in [0.2, 0.25) is 0 Å². The lowest BCUT2D eigenvalue weighted by Crippen LogP contribution is -2.49. The van der Waals surface area contributed by atoms with Gasteiger partial charge < -0.3 is 20.0 Å². The zero-order valence-electron chi connectivity index (χ0n) is 17.0. The maximum absolute atomic E-state index is 12.6. The van der Waals surface area contributed by atoms with Crippen LogP contribution in [-0.4, -0.2) is 79.0 Å². The normalized spacial score (nSPS) is 18.9. The van der Waals surface area contributed by atoms with E-state index in [9.17, 15) is 9.59 Å². The fourth-order valence-electron chi connectivity index (χ4n) is 3.95. The number of nitrogens with zero attached hydrogens (tertiary/aromatic N) is 4. The molecule has 2 fully saturated rings. The molecule has 1 aromatic rings. The molecule has 0 radical (unpaired) electrons. The molecule has 0 unspecified atom stereocenters. The van der Waals surface area contributed by atoms with Gasteiger partial charge in [0.15, 0.2) is 0 Å². The Morgan fingerprint density at radius 3 is 2.50 bits per heavy atom. The summed E-state index contributed by atoms with van der Waals surface area (Å²) >= 11 is 0. The Labute approximate surface area is 168 Å². The second-order valence-electron chi connectivity index (χ2n) is 7.71. The Bertz CT molecular complexity index is 623. The summed E-state index contributed by atoms with van der Waals surface area (Å²) in [6.45, 7) is 8.63. The lowest BCUT2D eigenvalue weighted by atomic mass is 9.95. The number of likely N-dealkylation sites (tertiary alicyclic amines) is 1. The van der Waals surface area contributed by atoms with Crippen LogP contribution < -0.4 is 10.2 Å². The lowest BCUT2D eigenvalue weighted by Gasteiger charge is -2.36. The number of hydrogen-bond acceptors (Lipinski definition) is 5. The molecule has 2 amide bonds. The maximum Gasteiger partial charge on any atom is 0.223 e. The molecule has 1 aromatic heterocycles. The van der Waals surface area contributed by atoms with Crippen LogP contribution in [0.1, 0.15) is 32.6 Å². The van der Waals surface area contributed by atoms with Gasteiger partial charge in [0.1, 0.15) is 5.82 Å². The summed E-state index contributed by atoms with van der Waals surface area (Å²) in [5.41, 5.74) is 0. The number of pyridine rings is 1. The zero-order valence-corrected chi connectivity index (χ0v) is 17.0. The van der Waals surface area contributed by atoms with E-state index < -0.39 is 0 Å². The minimum absolute atomic E-state index is 0.137. The van der Waals surface area contributed by atoms with Gasteiger partial charge >= 0.3 is 0 Å². The van der Waals surface area contributed by atoms with Gasteiger partial charge in [0.2, 0.25) is 11.8 Å². The number of carbonyl (C=O) groups excluding carboxylic acids is 2. The standard InChI is InChI=1S/C21H33N5O2/c1-2-9-23-21(28)18-6-11-24(12-7-18)13-8-20(27)26-16-14-25(15-17-26)19-5-3-4-10-22-19/h3-5,10,18H,2,6-9,11-17H2,1H3,(H,23,28). The third kappa shape index (κ3) is 5.67. The van der Waals surface area contributed by atoms with E-state index in [1.807, 2.05) is 29.3 Å². The van der Waals surface area contributed by atoms with Crippen molar-refractivity contribution in [3.63, 3.8) is 0 Å². The predicted molar refractivity (Wildman–Crippen MR) is 110 cm³/mol. The van der Waals surface area contributed by atoms with Crippen molar-refractivity contribution in [1.82, 2.24) is 20.1 Å². The van der Waals surface area contributed by atoms with Crippen molar-refractivity contribution in [3.8, 4) is 0 Å². The van der Waals surface area contributed by atoms with E-state index in [4.69, 9.17) is 0 Å². The third-order valence-electron chi connectivity index (χ3n) is 5.76. The van der Waals surface area contributed by atoms with E-state index >= 15 is 0 Å². The van der Waals surface area contributed by atoms with Crippen LogP contribution in [0.5, 0.6) is 0 Å². The van der Waals surface area contributed by atoms with Gasteiger partial charge in [-0.15, -0.1) is 0 Å². The first-order chi connectivity index (χ1) is 13.7. The molecule has 154 valence electrons. The van der Waals surface area contributed by atoms with Gasteiger partial charge in [-0.1, -0.05) is 13.0 Å². The predicted octanol–water partition coefficient (Wildman–Crippen LogP) is 1.36. The quantitative estimate of drug-likeness (QED) is 0.765. The van der Waals surface area contributed by atoms with Crippen molar-refractivity contribution < 1.29 is 9.59 Å². The number of carbonyl (C=O) groups is 2. The summed E-state index contributed by atoms with van der Waals surface area (Å²) < 4.78 is 0. The van der Waals surface area contributed by atoms with Crippen LogP contribution >= 0.6 is 0 Å². The molecule has 7 heteroatoms. The topological polar surface area (TPSA) is 68.8 Å². The van der Waals surface area contributed by atoms with Gasteiger partial charge in [-0.25, -0.2) is 4.98 Å². The van der Waals surface area contributed by atoms with Crippen molar-refractivity contribution in [2.45, 2.75) is 32.6 Å². The maximum atomic E-state index is 12.6. The van der Waals surface area contributed by atoms with E-state index in [1.165, 1.54) is 0 Å². The summed E-state index contributed by atoms with van der Waals surface area (Å²) in [7, 11) is 0. The first kappa shape index (κ1) is 20.6. The van der Waals surface area contributed by atoms with E-state index in [-0.39, 0.29) is 17.7 Å². The van der Waals surface area contributed by atoms with Crippen molar-refractivity contribution in [3.05, 3.63) is 24.4 Å². The summed E-state index contributed by atoms with van der Waals surface area (Å²) in [5.74, 6) is 1.56. The zero-order chi connectivity index (χ0) is 19.8. The Morgan fingerprint density at radius 1 is 1.11 bits per heavy atom. The molecular formula is C21H33N5O2. The molecule has 2 saturated heterocycles. The molecule has 2 aliphatic rings. The average molecular weight is 388 g/mol. The number of anilines is 1. The van der Waals surface area contributed by atoms with Gasteiger partial charge in [0.05, 0.1) is 0 Å². The highest BCUT2D eigenvalue weighted by Crippen LogP contribution is 2.18. The number of piperidine rings is 1. The first-order valence-electron chi connectivity index (χ1n) is 10.6. The monoisotopic (exact) mass is 387 g/mol. The van der Waals surface area contributed by atoms with Crippen molar-refractivity contribution in [2.75, 3.05) is 57.3 Å². The Balaban J connectivity index is 1.34. The van der Waals surface area contributed by atoms with Gasteiger partial charge in [-0.05, 0) is 44.5 Å². The van der Waals surface area contributed by atoms with Gasteiger partial charge in [0.25, 0.3) is 0 Å². The fourth-order valence-corrected chi connectivity index (χ4v) is 3.95. The lowest BCUT2D eigenvalue weighted by molar-refractivity contribution is -0.132. The number of hydrogen-bond donors (Lipinski definition) is 1. The minimum atomic E-state index is 0.137. The van der Waals surface area contributed by atoms with E-state index in [0.29, 0.717) is 6.42 Å². The average Bonchev–Trinajstić information content (AvgIpc) is 2.77. The molecule has 1 N–H and O–H groups in total. The fraction of sp³-hybridized carbons (Fsp3) is 0.667. The highest BCUT2D eigenvalue weighted by atomic mass is 16.2. The molecule has 0 spiro atoms. The second-order valence-corrected chi connectivity index (χ2v) is 7.71. The van der Waals surface area contributed by atoms with E-state index in [0.717, 1.165) is 77.4 Å². The van der Waals surface area contributed by atoms with Crippen molar-refractivity contribution in [1.29, 1.82) is 0 Å². The molecule has 3 heterocycles. The van der Waals surface area contributed by atoms with E-state index in [1.54, 1.807) is 0 Å². The molecule has 3 rings (SSSR count). The molecule has 2 aliphatic heterocycles. The van der Waals surface area contributed by atoms with Gasteiger partial charge in [0, 0.05) is 57.8 Å². The summed E-state index contributed by atoms with van der Waals surface area (Å²) in [6.07, 6.45) is 5.14. The van der Waals surface area contributed by atoms with Crippen LogP contribution in [0.15, 0.2) is 24.4 Å². The smallest absolute Gasteiger partial charge is 0.223 e. The highest BCUT2D eigenvalue weighted by Gasteiger charge is 2.26. The van der Waals surface area contributed by atoms with Gasteiger partial charge in [-0.3, -0.25) is 9.59 Å². The molecule has 28 heavy (non-hydrogen) atoms.